The topological polar surface area (TPSA) is 21.7 Å². The molecule has 2 atom stereocenters. The third-order valence-electron chi connectivity index (χ3n) is 5.53. The van der Waals surface area contributed by atoms with Crippen molar-refractivity contribution < 1.29 is 9.47 Å². The summed E-state index contributed by atoms with van der Waals surface area (Å²) in [4.78, 5) is 2.63. The molecule has 1 rings (SSSR count). The number of likely N-dealkylation sites (tertiary alicyclic amines) is 1. The van der Waals surface area contributed by atoms with E-state index in [0.717, 1.165) is 26.2 Å². The smallest absolute Gasteiger partial charge is 0.180 e. The minimum absolute atomic E-state index is 0.409. The summed E-state index contributed by atoms with van der Waals surface area (Å²) in [6, 6.07) is 1.28. The van der Waals surface area contributed by atoms with Crippen LogP contribution in [0.5, 0.6) is 0 Å². The van der Waals surface area contributed by atoms with Crippen molar-refractivity contribution in [1.29, 1.82) is 0 Å². The number of hydrogen-bond donors (Lipinski definition) is 0. The molecule has 0 aromatic rings. The Kier molecular flexibility index (Phi) is 11.2. The van der Waals surface area contributed by atoms with E-state index in [-0.39, 0.29) is 0 Å². The van der Waals surface area contributed by atoms with Crippen LogP contribution >= 0.6 is 0 Å². The Bertz CT molecular complexity index is 292. The zero-order valence-corrected chi connectivity index (χ0v) is 17.1. The van der Waals surface area contributed by atoms with E-state index in [2.05, 4.69) is 39.5 Å². The van der Waals surface area contributed by atoms with Gasteiger partial charge in [0, 0.05) is 31.7 Å². The van der Waals surface area contributed by atoms with Gasteiger partial charge in [-0.3, -0.25) is 4.90 Å². The minimum atomic E-state index is -0.409. The molecule has 0 aromatic heterocycles. The molecule has 0 amide bonds. The van der Waals surface area contributed by atoms with Crippen molar-refractivity contribution in [3.05, 3.63) is 0 Å². The van der Waals surface area contributed by atoms with Crippen LogP contribution in [-0.2, 0) is 9.47 Å². The first-order chi connectivity index (χ1) is 11.6. The van der Waals surface area contributed by atoms with Crippen LogP contribution in [0.1, 0.15) is 98.8 Å². The van der Waals surface area contributed by atoms with Crippen molar-refractivity contribution in [1.82, 2.24) is 4.90 Å². The number of hydrogen-bond acceptors (Lipinski definition) is 3. The summed E-state index contributed by atoms with van der Waals surface area (Å²) in [7, 11) is 0. The molecule has 0 N–H and O–H groups in total. The molecule has 1 fully saturated rings. The predicted molar refractivity (Wildman–Crippen MR) is 103 cm³/mol. The van der Waals surface area contributed by atoms with Gasteiger partial charge in [0.25, 0.3) is 0 Å². The first kappa shape index (κ1) is 21.9. The molecule has 0 aromatic carbocycles. The van der Waals surface area contributed by atoms with Gasteiger partial charge < -0.3 is 9.47 Å². The Morgan fingerprint density at radius 2 is 1.38 bits per heavy atom. The van der Waals surface area contributed by atoms with Crippen LogP contribution in [0, 0.1) is 0 Å². The lowest BCUT2D eigenvalue weighted by molar-refractivity contribution is -0.251. The third-order valence-corrected chi connectivity index (χ3v) is 5.53. The minimum Gasteiger partial charge on any atom is -0.349 e. The lowest BCUT2D eigenvalue weighted by Gasteiger charge is -2.45. The monoisotopic (exact) mass is 341 g/mol. The van der Waals surface area contributed by atoms with Crippen molar-refractivity contribution in [3.8, 4) is 0 Å². The van der Waals surface area contributed by atoms with E-state index in [1.165, 1.54) is 57.8 Å². The molecule has 0 radical (unpaired) electrons. The van der Waals surface area contributed by atoms with E-state index < -0.39 is 5.79 Å². The van der Waals surface area contributed by atoms with E-state index in [1.807, 2.05) is 0 Å². The van der Waals surface area contributed by atoms with Gasteiger partial charge in [0.1, 0.15) is 0 Å². The number of rotatable bonds is 13. The molecule has 1 aliphatic rings. The van der Waals surface area contributed by atoms with Gasteiger partial charge in [0.05, 0.1) is 6.54 Å². The Hall–Kier alpha value is -0.120. The van der Waals surface area contributed by atoms with E-state index in [1.54, 1.807) is 0 Å². The van der Waals surface area contributed by atoms with Gasteiger partial charge >= 0.3 is 0 Å². The second-order valence-corrected chi connectivity index (χ2v) is 7.60. The van der Waals surface area contributed by atoms with E-state index in [4.69, 9.17) is 9.47 Å². The Morgan fingerprint density at radius 1 is 0.833 bits per heavy atom. The third kappa shape index (κ3) is 7.41. The van der Waals surface area contributed by atoms with E-state index in [9.17, 15) is 0 Å². The fourth-order valence-corrected chi connectivity index (χ4v) is 4.12. The Labute approximate surface area is 151 Å². The standard InChI is InChI=1S/C21H43NO2/c1-6-9-10-11-12-13-17-21(23-7-2,24-8-3)18-22-19(4)15-14-16-20(22)5/h19-20H,6-18H2,1-5H3/t19-,20+. The average Bonchev–Trinajstić information content (AvgIpc) is 2.55. The average molecular weight is 342 g/mol. The first-order valence-corrected chi connectivity index (χ1v) is 10.6. The maximum absolute atomic E-state index is 6.23. The van der Waals surface area contributed by atoms with Crippen molar-refractivity contribution in [2.75, 3.05) is 19.8 Å². The molecule has 1 saturated heterocycles. The van der Waals surface area contributed by atoms with Gasteiger partial charge in [0.2, 0.25) is 0 Å². The predicted octanol–water partition coefficient (Wildman–Crippen LogP) is 5.77. The molecule has 0 unspecified atom stereocenters. The van der Waals surface area contributed by atoms with Crippen LogP contribution in [0.25, 0.3) is 0 Å². The Balaban J connectivity index is 2.62. The summed E-state index contributed by atoms with van der Waals surface area (Å²) >= 11 is 0. The zero-order chi connectivity index (χ0) is 17.8. The fourth-order valence-electron chi connectivity index (χ4n) is 4.12. The highest BCUT2D eigenvalue weighted by molar-refractivity contribution is 4.85. The highest BCUT2D eigenvalue weighted by Crippen LogP contribution is 2.30. The molecule has 144 valence electrons. The van der Waals surface area contributed by atoms with E-state index >= 15 is 0 Å². The van der Waals surface area contributed by atoms with Gasteiger partial charge in [-0.05, 0) is 47.0 Å². The second kappa shape index (κ2) is 12.3. The van der Waals surface area contributed by atoms with Crippen LogP contribution in [-0.4, -0.2) is 42.5 Å². The zero-order valence-electron chi connectivity index (χ0n) is 17.1. The van der Waals surface area contributed by atoms with Gasteiger partial charge in [0.15, 0.2) is 5.79 Å². The van der Waals surface area contributed by atoms with Crippen LogP contribution in [0.4, 0.5) is 0 Å². The maximum atomic E-state index is 6.23. The van der Waals surface area contributed by atoms with Crippen LogP contribution in [0.3, 0.4) is 0 Å². The molecule has 1 heterocycles. The lowest BCUT2D eigenvalue weighted by Crippen LogP contribution is -2.54. The molecule has 3 nitrogen and oxygen atoms in total. The van der Waals surface area contributed by atoms with Crippen LogP contribution in [0.2, 0.25) is 0 Å². The lowest BCUT2D eigenvalue weighted by atomic mass is 9.95. The quantitative estimate of drug-likeness (QED) is 0.313. The summed E-state index contributed by atoms with van der Waals surface area (Å²) in [5, 5.41) is 0. The fraction of sp³-hybridized carbons (Fsp3) is 1.00. The normalized spacial score (nSPS) is 22.9. The molecule has 1 aliphatic heterocycles. The van der Waals surface area contributed by atoms with Crippen LogP contribution < -0.4 is 0 Å². The highest BCUT2D eigenvalue weighted by Gasteiger charge is 2.37. The molecular formula is C21H43NO2. The van der Waals surface area contributed by atoms with Crippen molar-refractivity contribution in [2.45, 2.75) is 117 Å². The van der Waals surface area contributed by atoms with Crippen molar-refractivity contribution in [2.24, 2.45) is 0 Å². The molecule has 3 heteroatoms. The summed E-state index contributed by atoms with van der Waals surface area (Å²) in [5.74, 6) is -0.409. The molecule has 24 heavy (non-hydrogen) atoms. The van der Waals surface area contributed by atoms with Crippen molar-refractivity contribution >= 4 is 0 Å². The molecule has 0 spiro atoms. The molecule has 0 saturated carbocycles. The second-order valence-electron chi connectivity index (χ2n) is 7.60. The van der Waals surface area contributed by atoms with Gasteiger partial charge in [-0.15, -0.1) is 0 Å². The summed E-state index contributed by atoms with van der Waals surface area (Å²) in [6.07, 6.45) is 12.9. The SMILES string of the molecule is CCCCCCCCC(CN1[C@H](C)CCC[C@@H]1C)(OCC)OCC. The largest absolute Gasteiger partial charge is 0.349 e. The highest BCUT2D eigenvalue weighted by atomic mass is 16.7. The number of piperidine rings is 1. The van der Waals surface area contributed by atoms with Crippen LogP contribution in [0.15, 0.2) is 0 Å². The van der Waals surface area contributed by atoms with Gasteiger partial charge in [-0.2, -0.15) is 0 Å². The van der Waals surface area contributed by atoms with Gasteiger partial charge in [-0.25, -0.2) is 0 Å². The number of ether oxygens (including phenoxy) is 2. The first-order valence-electron chi connectivity index (χ1n) is 10.6. The summed E-state index contributed by atoms with van der Waals surface area (Å²) in [5.41, 5.74) is 0. The number of nitrogens with zero attached hydrogens (tertiary/aromatic N) is 1. The molecule has 0 bridgehead atoms. The number of unbranched alkanes of at least 4 members (excludes halogenated alkanes) is 5. The Morgan fingerprint density at radius 3 is 1.92 bits per heavy atom. The van der Waals surface area contributed by atoms with Gasteiger partial charge in [-0.1, -0.05) is 45.4 Å². The summed E-state index contributed by atoms with van der Waals surface area (Å²) in [6.45, 7) is 13.6. The molecular weight excluding hydrogens is 298 g/mol. The molecule has 0 aliphatic carbocycles. The van der Waals surface area contributed by atoms with Crippen molar-refractivity contribution in [3.63, 3.8) is 0 Å². The maximum Gasteiger partial charge on any atom is 0.180 e. The summed E-state index contributed by atoms with van der Waals surface area (Å²) < 4.78 is 12.5. The van der Waals surface area contributed by atoms with E-state index in [0.29, 0.717) is 12.1 Å².